The van der Waals surface area contributed by atoms with Crippen LogP contribution in [0.25, 0.3) is 10.6 Å². The Kier molecular flexibility index (Phi) is 4.68. The summed E-state index contributed by atoms with van der Waals surface area (Å²) in [5.74, 6) is 0.0444. The van der Waals surface area contributed by atoms with E-state index in [0.29, 0.717) is 6.42 Å². The summed E-state index contributed by atoms with van der Waals surface area (Å²) in [6, 6.07) is 8.25. The third kappa shape index (κ3) is 3.89. The molecular formula is C15H18N2OS. The minimum atomic E-state index is 0.0444. The molecule has 1 amide bonds. The summed E-state index contributed by atoms with van der Waals surface area (Å²) in [7, 11) is 0. The normalized spacial score (nSPS) is 10.4. The molecule has 3 nitrogen and oxygen atoms in total. The van der Waals surface area contributed by atoms with Gasteiger partial charge in [-0.3, -0.25) is 4.79 Å². The van der Waals surface area contributed by atoms with Crippen LogP contribution in [-0.4, -0.2) is 17.4 Å². The van der Waals surface area contributed by atoms with E-state index in [0.717, 1.165) is 29.2 Å². The SMILES string of the molecule is CCCNC(=O)Cc1csc(-c2cccc(C)c2)n1. The van der Waals surface area contributed by atoms with Crippen molar-refractivity contribution >= 4 is 17.2 Å². The standard InChI is InChI=1S/C15H18N2OS/c1-3-7-16-14(18)9-13-10-19-15(17-13)12-6-4-5-11(2)8-12/h4-6,8,10H,3,7,9H2,1-2H3,(H,16,18). The maximum absolute atomic E-state index is 11.6. The molecule has 0 radical (unpaired) electrons. The number of hydrogen-bond donors (Lipinski definition) is 1. The molecule has 1 aromatic heterocycles. The molecule has 0 unspecified atom stereocenters. The number of amides is 1. The van der Waals surface area contributed by atoms with Gasteiger partial charge in [-0.05, 0) is 19.4 Å². The second kappa shape index (κ2) is 6.48. The Morgan fingerprint density at radius 2 is 2.26 bits per heavy atom. The van der Waals surface area contributed by atoms with Gasteiger partial charge in [-0.25, -0.2) is 4.98 Å². The van der Waals surface area contributed by atoms with Gasteiger partial charge < -0.3 is 5.32 Å². The molecule has 0 saturated heterocycles. The van der Waals surface area contributed by atoms with Gasteiger partial charge in [0.25, 0.3) is 0 Å². The van der Waals surface area contributed by atoms with E-state index >= 15 is 0 Å². The number of nitrogens with one attached hydrogen (secondary N) is 1. The molecule has 0 aliphatic carbocycles. The molecule has 100 valence electrons. The van der Waals surface area contributed by atoms with Crippen LogP contribution in [0.1, 0.15) is 24.6 Å². The molecular weight excluding hydrogens is 256 g/mol. The summed E-state index contributed by atoms with van der Waals surface area (Å²) in [6.07, 6.45) is 1.32. The highest BCUT2D eigenvalue weighted by Crippen LogP contribution is 2.24. The molecule has 2 rings (SSSR count). The van der Waals surface area contributed by atoms with Crippen LogP contribution in [-0.2, 0) is 11.2 Å². The Hall–Kier alpha value is -1.68. The van der Waals surface area contributed by atoms with E-state index in [1.807, 2.05) is 24.4 Å². The molecule has 1 N–H and O–H groups in total. The molecule has 0 atom stereocenters. The molecule has 0 bridgehead atoms. The summed E-state index contributed by atoms with van der Waals surface area (Å²) in [5, 5.41) is 5.80. The van der Waals surface area contributed by atoms with E-state index in [2.05, 4.69) is 29.4 Å². The molecule has 1 aromatic carbocycles. The highest BCUT2D eigenvalue weighted by Gasteiger charge is 2.08. The van der Waals surface area contributed by atoms with Crippen LogP contribution < -0.4 is 5.32 Å². The number of nitrogens with zero attached hydrogens (tertiary/aromatic N) is 1. The molecule has 0 fully saturated rings. The summed E-state index contributed by atoms with van der Waals surface area (Å²) in [6.45, 7) is 4.84. The maximum atomic E-state index is 11.6. The first-order valence-electron chi connectivity index (χ1n) is 6.47. The second-order valence-corrected chi connectivity index (χ2v) is 5.40. The smallest absolute Gasteiger partial charge is 0.226 e. The van der Waals surface area contributed by atoms with Crippen molar-refractivity contribution in [3.8, 4) is 10.6 Å². The fourth-order valence-corrected chi connectivity index (χ4v) is 2.61. The van der Waals surface area contributed by atoms with Crippen LogP contribution in [0.15, 0.2) is 29.6 Å². The maximum Gasteiger partial charge on any atom is 0.226 e. The van der Waals surface area contributed by atoms with Crippen molar-refractivity contribution in [1.29, 1.82) is 0 Å². The van der Waals surface area contributed by atoms with Crippen LogP contribution in [0, 0.1) is 6.92 Å². The largest absolute Gasteiger partial charge is 0.356 e. The van der Waals surface area contributed by atoms with E-state index < -0.39 is 0 Å². The summed E-state index contributed by atoms with van der Waals surface area (Å²) >= 11 is 1.59. The van der Waals surface area contributed by atoms with Gasteiger partial charge in [0.1, 0.15) is 5.01 Å². The van der Waals surface area contributed by atoms with Gasteiger partial charge in [-0.2, -0.15) is 0 Å². The van der Waals surface area contributed by atoms with Crippen LogP contribution in [0.4, 0.5) is 0 Å². The van der Waals surface area contributed by atoms with Crippen LogP contribution in [0.3, 0.4) is 0 Å². The highest BCUT2D eigenvalue weighted by molar-refractivity contribution is 7.13. The number of rotatable bonds is 5. The number of aromatic nitrogens is 1. The lowest BCUT2D eigenvalue weighted by Gasteiger charge is -2.00. The van der Waals surface area contributed by atoms with Crippen LogP contribution in [0.5, 0.6) is 0 Å². The first-order chi connectivity index (χ1) is 9.19. The van der Waals surface area contributed by atoms with E-state index in [-0.39, 0.29) is 5.91 Å². The first-order valence-corrected chi connectivity index (χ1v) is 7.35. The van der Waals surface area contributed by atoms with Gasteiger partial charge in [-0.1, -0.05) is 30.7 Å². The third-order valence-corrected chi connectivity index (χ3v) is 3.67. The van der Waals surface area contributed by atoms with E-state index in [1.54, 1.807) is 11.3 Å². The lowest BCUT2D eigenvalue weighted by molar-refractivity contribution is -0.120. The molecule has 0 saturated carbocycles. The number of carbonyl (C=O) groups excluding carboxylic acids is 1. The molecule has 1 heterocycles. The average Bonchev–Trinajstić information content (AvgIpc) is 2.85. The predicted octanol–water partition coefficient (Wildman–Crippen LogP) is 3.19. The van der Waals surface area contributed by atoms with Crippen molar-refractivity contribution in [2.75, 3.05) is 6.54 Å². The Balaban J connectivity index is 2.05. The van der Waals surface area contributed by atoms with Gasteiger partial charge in [0.05, 0.1) is 12.1 Å². The summed E-state index contributed by atoms with van der Waals surface area (Å²) in [5.41, 5.74) is 3.18. The topological polar surface area (TPSA) is 42.0 Å². The Morgan fingerprint density at radius 1 is 1.42 bits per heavy atom. The zero-order valence-electron chi connectivity index (χ0n) is 11.3. The third-order valence-electron chi connectivity index (χ3n) is 2.73. The molecule has 19 heavy (non-hydrogen) atoms. The van der Waals surface area contributed by atoms with E-state index in [1.165, 1.54) is 5.56 Å². The molecule has 0 aliphatic rings. The summed E-state index contributed by atoms with van der Waals surface area (Å²) < 4.78 is 0. The van der Waals surface area contributed by atoms with E-state index in [4.69, 9.17) is 0 Å². The van der Waals surface area contributed by atoms with Crippen molar-refractivity contribution in [3.63, 3.8) is 0 Å². The van der Waals surface area contributed by atoms with Crippen LogP contribution in [0.2, 0.25) is 0 Å². The minimum Gasteiger partial charge on any atom is -0.356 e. The van der Waals surface area contributed by atoms with Crippen molar-refractivity contribution in [2.24, 2.45) is 0 Å². The van der Waals surface area contributed by atoms with Gasteiger partial charge in [0.15, 0.2) is 0 Å². The van der Waals surface area contributed by atoms with Gasteiger partial charge in [0, 0.05) is 17.5 Å². The number of aryl methyl sites for hydroxylation is 1. The number of hydrogen-bond acceptors (Lipinski definition) is 3. The Labute approximate surface area is 117 Å². The Bertz CT molecular complexity index is 563. The van der Waals surface area contributed by atoms with Gasteiger partial charge in [-0.15, -0.1) is 11.3 Å². The second-order valence-electron chi connectivity index (χ2n) is 4.54. The minimum absolute atomic E-state index is 0.0444. The average molecular weight is 274 g/mol. The fourth-order valence-electron chi connectivity index (χ4n) is 1.79. The predicted molar refractivity (Wildman–Crippen MR) is 79.3 cm³/mol. The zero-order valence-corrected chi connectivity index (χ0v) is 12.1. The number of carbonyl (C=O) groups is 1. The van der Waals surface area contributed by atoms with E-state index in [9.17, 15) is 4.79 Å². The van der Waals surface area contributed by atoms with Crippen molar-refractivity contribution < 1.29 is 4.79 Å². The van der Waals surface area contributed by atoms with Crippen molar-refractivity contribution in [3.05, 3.63) is 40.9 Å². The van der Waals surface area contributed by atoms with Crippen molar-refractivity contribution in [1.82, 2.24) is 10.3 Å². The monoisotopic (exact) mass is 274 g/mol. The van der Waals surface area contributed by atoms with Gasteiger partial charge >= 0.3 is 0 Å². The molecule has 0 spiro atoms. The number of thiazole rings is 1. The Morgan fingerprint density at radius 3 is 3.00 bits per heavy atom. The first kappa shape index (κ1) is 13.7. The highest BCUT2D eigenvalue weighted by atomic mass is 32.1. The molecule has 0 aliphatic heterocycles. The lowest BCUT2D eigenvalue weighted by atomic mass is 10.1. The number of benzene rings is 1. The van der Waals surface area contributed by atoms with Gasteiger partial charge in [0.2, 0.25) is 5.91 Å². The van der Waals surface area contributed by atoms with Crippen LogP contribution >= 0.6 is 11.3 Å². The lowest BCUT2D eigenvalue weighted by Crippen LogP contribution is -2.25. The quantitative estimate of drug-likeness (QED) is 0.910. The van der Waals surface area contributed by atoms with Crippen molar-refractivity contribution in [2.45, 2.75) is 26.7 Å². The summed E-state index contributed by atoms with van der Waals surface area (Å²) in [4.78, 5) is 16.2. The fraction of sp³-hybridized carbons (Fsp3) is 0.333. The molecule has 4 heteroatoms. The molecule has 2 aromatic rings. The zero-order chi connectivity index (χ0) is 13.7.